The molecule has 8 nitrogen and oxygen atoms in total. The molecule has 2 bridgehead atoms. The summed E-state index contributed by atoms with van der Waals surface area (Å²) in [4.78, 5) is 28.8. The van der Waals surface area contributed by atoms with E-state index in [9.17, 15) is 9.59 Å². The molecular weight excluding hydrogens is 416 g/mol. The van der Waals surface area contributed by atoms with Crippen LogP contribution in [0.25, 0.3) is 0 Å². The van der Waals surface area contributed by atoms with Crippen molar-refractivity contribution in [3.8, 4) is 6.07 Å². The highest BCUT2D eigenvalue weighted by Crippen LogP contribution is 2.61. The summed E-state index contributed by atoms with van der Waals surface area (Å²) in [6.45, 7) is 6.65. The minimum atomic E-state index is -0.520. The van der Waals surface area contributed by atoms with E-state index in [0.29, 0.717) is 34.5 Å². The molecule has 0 aromatic carbocycles. The number of pyridine rings is 1. The second-order valence-electron chi connectivity index (χ2n) is 9.13. The van der Waals surface area contributed by atoms with Crippen LogP contribution in [0.2, 0.25) is 5.02 Å². The zero-order valence-corrected chi connectivity index (χ0v) is 18.5. The first-order valence-corrected chi connectivity index (χ1v) is 10.8. The van der Waals surface area contributed by atoms with Crippen LogP contribution < -0.4 is 16.2 Å². The monoisotopic (exact) mass is 440 g/mol. The third-order valence-electron chi connectivity index (χ3n) is 7.14. The van der Waals surface area contributed by atoms with Gasteiger partial charge >= 0.3 is 0 Å². The molecule has 2 aromatic heterocycles. The smallest absolute Gasteiger partial charge is 0.288 e. The van der Waals surface area contributed by atoms with Gasteiger partial charge in [-0.2, -0.15) is 10.4 Å². The zero-order chi connectivity index (χ0) is 22.3. The zero-order valence-electron chi connectivity index (χ0n) is 17.7. The minimum absolute atomic E-state index is 0.0357. The summed E-state index contributed by atoms with van der Waals surface area (Å²) in [5.74, 6) is 1.38. The van der Waals surface area contributed by atoms with Crippen LogP contribution in [0.3, 0.4) is 0 Å². The van der Waals surface area contributed by atoms with Crippen molar-refractivity contribution in [1.82, 2.24) is 14.8 Å². The molecule has 2 N–H and O–H groups in total. The number of fused-ring (bicyclic) bond motifs is 2. The van der Waals surface area contributed by atoms with Crippen molar-refractivity contribution in [3.63, 3.8) is 0 Å². The third-order valence-corrected chi connectivity index (χ3v) is 7.50. The Labute approximate surface area is 185 Å². The molecule has 31 heavy (non-hydrogen) atoms. The Morgan fingerprint density at radius 1 is 1.35 bits per heavy atom. The average Bonchev–Trinajstić information content (AvgIpc) is 2.74. The second kappa shape index (κ2) is 7.97. The molecule has 0 radical (unpaired) electrons. The number of rotatable bonds is 5. The number of nitriles is 1. The number of aromatic nitrogens is 3. The van der Waals surface area contributed by atoms with Gasteiger partial charge in [0.1, 0.15) is 23.3 Å². The van der Waals surface area contributed by atoms with Gasteiger partial charge < -0.3 is 10.6 Å². The summed E-state index contributed by atoms with van der Waals surface area (Å²) < 4.78 is 1.03. The Hall–Kier alpha value is -2.92. The highest BCUT2D eigenvalue weighted by molar-refractivity contribution is 6.32. The van der Waals surface area contributed by atoms with Crippen LogP contribution in [0.5, 0.6) is 0 Å². The van der Waals surface area contributed by atoms with Crippen molar-refractivity contribution in [2.75, 3.05) is 10.6 Å². The lowest BCUT2D eigenvalue weighted by molar-refractivity contribution is -0.117. The number of hydrogen-bond donors (Lipinski definition) is 2. The highest BCUT2D eigenvalue weighted by atomic mass is 35.5. The maximum absolute atomic E-state index is 12.7. The Morgan fingerprint density at radius 2 is 2.13 bits per heavy atom. The number of amides is 1. The van der Waals surface area contributed by atoms with Crippen molar-refractivity contribution in [3.05, 3.63) is 45.6 Å². The van der Waals surface area contributed by atoms with E-state index in [1.807, 2.05) is 6.07 Å². The molecule has 2 aromatic rings. The standard InChI is InChI=1S/C22H25ClN6O2/c1-12-16-6-13(22(16,2)3)7-17(12)28-18-10-26-29(21(31)20(18)23)11-19(30)27-15-5-4-14(8-24)25-9-15/h4-5,9-10,12-13,16-17,28H,6-7,11H2,1-3H3,(H,27,30)/t12-,13+,16-,17-/m1/s1. The molecule has 5 rings (SSSR count). The van der Waals surface area contributed by atoms with E-state index >= 15 is 0 Å². The Morgan fingerprint density at radius 3 is 2.74 bits per heavy atom. The maximum Gasteiger partial charge on any atom is 0.288 e. The van der Waals surface area contributed by atoms with Crippen molar-refractivity contribution in [2.24, 2.45) is 23.2 Å². The molecule has 3 aliphatic carbocycles. The number of nitrogens with zero attached hydrogens (tertiary/aromatic N) is 4. The summed E-state index contributed by atoms with van der Waals surface area (Å²) in [6, 6.07) is 5.22. The van der Waals surface area contributed by atoms with Gasteiger partial charge in [-0.25, -0.2) is 9.67 Å². The first-order valence-electron chi connectivity index (χ1n) is 10.4. The van der Waals surface area contributed by atoms with Crippen LogP contribution >= 0.6 is 11.6 Å². The topological polar surface area (TPSA) is 113 Å². The third kappa shape index (κ3) is 3.90. The highest BCUT2D eigenvalue weighted by Gasteiger charge is 2.56. The average molecular weight is 441 g/mol. The predicted octanol–water partition coefficient (Wildman–Crippen LogP) is 3.28. The van der Waals surface area contributed by atoms with Gasteiger partial charge in [-0.15, -0.1) is 0 Å². The molecule has 9 heteroatoms. The van der Waals surface area contributed by atoms with Gasteiger partial charge in [0.25, 0.3) is 5.56 Å². The Balaban J connectivity index is 1.42. The molecule has 162 valence electrons. The first kappa shape index (κ1) is 21.3. The summed E-state index contributed by atoms with van der Waals surface area (Å²) in [7, 11) is 0. The van der Waals surface area contributed by atoms with Crippen molar-refractivity contribution >= 4 is 28.9 Å². The van der Waals surface area contributed by atoms with Crippen LogP contribution in [0.4, 0.5) is 11.4 Å². The van der Waals surface area contributed by atoms with Gasteiger partial charge in [0.15, 0.2) is 0 Å². The molecule has 1 amide bonds. The lowest BCUT2D eigenvalue weighted by atomic mass is 9.45. The fourth-order valence-electron chi connectivity index (χ4n) is 5.09. The number of carbonyl (C=O) groups is 1. The van der Waals surface area contributed by atoms with Gasteiger partial charge in [0.2, 0.25) is 5.91 Å². The molecular formula is C22H25ClN6O2. The summed E-state index contributed by atoms with van der Waals surface area (Å²) in [5.41, 5.74) is 1.04. The van der Waals surface area contributed by atoms with Gasteiger partial charge in [-0.05, 0) is 48.1 Å². The van der Waals surface area contributed by atoms with Gasteiger partial charge in [0, 0.05) is 6.04 Å². The molecule has 2 heterocycles. The number of halogens is 1. The first-order chi connectivity index (χ1) is 14.7. The van der Waals surface area contributed by atoms with Crippen LogP contribution in [0.1, 0.15) is 39.3 Å². The molecule has 0 saturated heterocycles. The maximum atomic E-state index is 12.7. The normalized spacial score (nSPS) is 25.8. The minimum Gasteiger partial charge on any atom is -0.379 e. The fourth-order valence-corrected chi connectivity index (χ4v) is 5.29. The quantitative estimate of drug-likeness (QED) is 0.737. The molecule has 0 spiro atoms. The lowest BCUT2D eigenvalue weighted by Gasteiger charge is -2.62. The van der Waals surface area contributed by atoms with Gasteiger partial charge in [-0.1, -0.05) is 32.4 Å². The summed E-state index contributed by atoms with van der Waals surface area (Å²) in [6.07, 6.45) is 5.21. The van der Waals surface area contributed by atoms with E-state index in [0.717, 1.165) is 11.1 Å². The lowest BCUT2D eigenvalue weighted by Crippen LogP contribution is -2.58. The van der Waals surface area contributed by atoms with E-state index in [-0.39, 0.29) is 23.3 Å². The SMILES string of the molecule is C[C@@H]1[C@H]2C[C@@H](C[C@H]1Nc1cnn(CC(=O)Nc3ccc(C#N)nc3)c(=O)c1Cl)C2(C)C. The van der Waals surface area contributed by atoms with Crippen molar-refractivity contribution < 1.29 is 4.79 Å². The van der Waals surface area contributed by atoms with Crippen LogP contribution in [0, 0.1) is 34.5 Å². The van der Waals surface area contributed by atoms with E-state index in [4.69, 9.17) is 16.9 Å². The Bertz CT molecular complexity index is 1100. The summed E-state index contributed by atoms with van der Waals surface area (Å²) in [5, 5.41) is 19.0. The predicted molar refractivity (Wildman–Crippen MR) is 118 cm³/mol. The van der Waals surface area contributed by atoms with Gasteiger partial charge in [-0.3, -0.25) is 9.59 Å². The van der Waals surface area contributed by atoms with Crippen molar-refractivity contribution in [2.45, 2.75) is 46.2 Å². The number of hydrogen-bond acceptors (Lipinski definition) is 6. The number of carbonyl (C=O) groups excluding carboxylic acids is 1. The Kier molecular flexibility index (Phi) is 5.48. The molecule has 0 unspecified atom stereocenters. The molecule has 0 aliphatic heterocycles. The van der Waals surface area contributed by atoms with Crippen LogP contribution in [-0.2, 0) is 11.3 Å². The van der Waals surface area contributed by atoms with Crippen molar-refractivity contribution in [1.29, 1.82) is 5.26 Å². The van der Waals surface area contributed by atoms with Crippen LogP contribution in [0.15, 0.2) is 29.3 Å². The molecule has 3 aliphatic rings. The van der Waals surface area contributed by atoms with E-state index in [1.54, 1.807) is 6.07 Å². The van der Waals surface area contributed by atoms with Gasteiger partial charge in [0.05, 0.1) is 23.8 Å². The summed E-state index contributed by atoms with van der Waals surface area (Å²) >= 11 is 6.34. The number of nitrogens with one attached hydrogen (secondary N) is 2. The second-order valence-corrected chi connectivity index (χ2v) is 9.51. The molecule has 4 atom stereocenters. The van der Waals surface area contributed by atoms with E-state index in [1.165, 1.54) is 24.9 Å². The molecule has 3 saturated carbocycles. The van der Waals surface area contributed by atoms with Crippen LogP contribution in [-0.4, -0.2) is 26.7 Å². The van der Waals surface area contributed by atoms with E-state index < -0.39 is 11.5 Å². The fraction of sp³-hybridized carbons (Fsp3) is 0.500. The van der Waals surface area contributed by atoms with E-state index in [2.05, 4.69) is 41.5 Å². The largest absolute Gasteiger partial charge is 0.379 e. The number of anilines is 2. The molecule has 3 fully saturated rings.